The molecule has 23 heavy (non-hydrogen) atoms. The molecule has 1 heterocycles. The minimum absolute atomic E-state index is 0.441. The third-order valence-corrected chi connectivity index (χ3v) is 3.23. The molecule has 0 saturated carbocycles. The molecule has 0 aliphatic heterocycles. The van der Waals surface area contributed by atoms with Gasteiger partial charge in [-0.25, -0.2) is 13.6 Å². The number of amides is 3. The number of fused-ring (bicyclic) bond motifs is 1. The van der Waals surface area contributed by atoms with Crippen LogP contribution >= 0.6 is 0 Å². The number of anilines is 1. The van der Waals surface area contributed by atoms with Crippen molar-refractivity contribution in [3.8, 4) is 0 Å². The third kappa shape index (κ3) is 3.03. The van der Waals surface area contributed by atoms with Crippen molar-refractivity contribution in [2.24, 2.45) is 0 Å². The summed E-state index contributed by atoms with van der Waals surface area (Å²) in [5.74, 6) is -3.23. The second-order valence-electron chi connectivity index (χ2n) is 4.78. The first-order valence-corrected chi connectivity index (χ1v) is 6.68. The van der Waals surface area contributed by atoms with E-state index in [0.29, 0.717) is 5.69 Å². The van der Waals surface area contributed by atoms with Crippen molar-refractivity contribution in [1.82, 2.24) is 10.3 Å². The first-order valence-electron chi connectivity index (χ1n) is 6.68. The maximum atomic E-state index is 13.5. The molecule has 7 heteroatoms. The van der Waals surface area contributed by atoms with Crippen LogP contribution in [0.5, 0.6) is 0 Å². The number of hydrogen-bond donors (Lipinski definition) is 3. The number of H-pyrrole nitrogens is 1. The van der Waals surface area contributed by atoms with Crippen molar-refractivity contribution < 1.29 is 18.4 Å². The zero-order valence-electron chi connectivity index (χ0n) is 11.7. The maximum absolute atomic E-state index is 13.5. The molecule has 3 amide bonds. The van der Waals surface area contributed by atoms with E-state index in [1.165, 1.54) is 0 Å². The normalized spacial score (nSPS) is 10.5. The van der Waals surface area contributed by atoms with Crippen LogP contribution < -0.4 is 10.6 Å². The average molecular weight is 315 g/mol. The van der Waals surface area contributed by atoms with Crippen LogP contribution in [0.3, 0.4) is 0 Å². The van der Waals surface area contributed by atoms with Crippen molar-refractivity contribution in [2.75, 3.05) is 5.32 Å². The molecule has 0 aliphatic carbocycles. The molecule has 1 aromatic heterocycles. The number of carbonyl (C=O) groups excluding carboxylic acids is 2. The van der Waals surface area contributed by atoms with Crippen LogP contribution in [0, 0.1) is 11.6 Å². The van der Waals surface area contributed by atoms with E-state index in [9.17, 15) is 18.4 Å². The Balaban J connectivity index is 1.72. The summed E-state index contributed by atoms with van der Waals surface area (Å²) >= 11 is 0. The summed E-state index contributed by atoms with van der Waals surface area (Å²) in [4.78, 5) is 26.6. The summed E-state index contributed by atoms with van der Waals surface area (Å²) in [6, 6.07) is 9.03. The minimum atomic E-state index is -1.15. The van der Waals surface area contributed by atoms with E-state index < -0.39 is 29.1 Å². The Labute approximate surface area is 129 Å². The molecule has 0 fully saturated rings. The molecule has 116 valence electrons. The fourth-order valence-electron chi connectivity index (χ4n) is 2.17. The quantitative estimate of drug-likeness (QED) is 0.678. The predicted octanol–water partition coefficient (Wildman–Crippen LogP) is 3.41. The van der Waals surface area contributed by atoms with Crippen molar-refractivity contribution in [3.63, 3.8) is 0 Å². The zero-order chi connectivity index (χ0) is 16.4. The van der Waals surface area contributed by atoms with Gasteiger partial charge < -0.3 is 10.3 Å². The minimum Gasteiger partial charge on any atom is -0.361 e. The fraction of sp³-hybridized carbons (Fsp3) is 0. The Kier molecular flexibility index (Phi) is 3.76. The second-order valence-corrected chi connectivity index (χ2v) is 4.78. The standard InChI is InChI=1S/C16H11F2N3O2/c17-11-2-1-3-12(18)14(11)15(22)21-16(23)20-10-4-5-13-9(8-10)6-7-19-13/h1-8,19H,(H2,20,21,22,23). The van der Waals surface area contributed by atoms with Gasteiger partial charge in [0.15, 0.2) is 0 Å². The van der Waals surface area contributed by atoms with Crippen molar-refractivity contribution in [1.29, 1.82) is 0 Å². The van der Waals surface area contributed by atoms with Gasteiger partial charge >= 0.3 is 6.03 Å². The lowest BCUT2D eigenvalue weighted by molar-refractivity contribution is 0.0959. The van der Waals surface area contributed by atoms with Gasteiger partial charge in [-0.05, 0) is 36.4 Å². The number of rotatable bonds is 2. The lowest BCUT2D eigenvalue weighted by Crippen LogP contribution is -2.35. The van der Waals surface area contributed by atoms with Gasteiger partial charge in [0.05, 0.1) is 0 Å². The molecule has 0 spiro atoms. The van der Waals surface area contributed by atoms with E-state index in [4.69, 9.17) is 0 Å². The van der Waals surface area contributed by atoms with Gasteiger partial charge in [0.1, 0.15) is 17.2 Å². The molecule has 2 aromatic carbocycles. The highest BCUT2D eigenvalue weighted by Crippen LogP contribution is 2.18. The molecule has 3 aromatic rings. The number of imide groups is 1. The van der Waals surface area contributed by atoms with Gasteiger partial charge in [-0.1, -0.05) is 6.07 Å². The van der Waals surface area contributed by atoms with Crippen LogP contribution in [-0.4, -0.2) is 16.9 Å². The highest BCUT2D eigenvalue weighted by Gasteiger charge is 2.19. The lowest BCUT2D eigenvalue weighted by atomic mass is 10.2. The average Bonchev–Trinajstić information content (AvgIpc) is 2.94. The first-order chi connectivity index (χ1) is 11.0. The summed E-state index contributed by atoms with van der Waals surface area (Å²) in [7, 11) is 0. The molecule has 3 N–H and O–H groups in total. The predicted molar refractivity (Wildman–Crippen MR) is 81.1 cm³/mol. The molecule has 3 rings (SSSR count). The smallest absolute Gasteiger partial charge is 0.326 e. The second kappa shape index (κ2) is 5.88. The Bertz CT molecular complexity index is 885. The van der Waals surface area contributed by atoms with E-state index in [2.05, 4.69) is 10.3 Å². The van der Waals surface area contributed by atoms with Crippen LogP contribution in [-0.2, 0) is 0 Å². The number of aromatic nitrogens is 1. The molecule has 0 bridgehead atoms. The van der Waals surface area contributed by atoms with Gasteiger partial charge in [-0.15, -0.1) is 0 Å². The highest BCUT2D eigenvalue weighted by atomic mass is 19.1. The zero-order valence-corrected chi connectivity index (χ0v) is 11.7. The first kappa shape index (κ1) is 14.7. The van der Waals surface area contributed by atoms with E-state index in [1.807, 2.05) is 11.4 Å². The fourth-order valence-corrected chi connectivity index (χ4v) is 2.17. The van der Waals surface area contributed by atoms with Gasteiger partial charge in [0.25, 0.3) is 5.91 Å². The SMILES string of the molecule is O=C(NC(=O)c1c(F)cccc1F)Nc1ccc2[nH]ccc2c1. The van der Waals surface area contributed by atoms with E-state index in [-0.39, 0.29) is 0 Å². The molecular weight excluding hydrogens is 304 g/mol. The van der Waals surface area contributed by atoms with Crippen LogP contribution in [0.1, 0.15) is 10.4 Å². The van der Waals surface area contributed by atoms with E-state index in [0.717, 1.165) is 29.1 Å². The molecule has 5 nitrogen and oxygen atoms in total. The number of halogens is 2. The Morgan fingerprint density at radius 3 is 2.48 bits per heavy atom. The largest absolute Gasteiger partial charge is 0.361 e. The van der Waals surface area contributed by atoms with Crippen LogP contribution in [0.4, 0.5) is 19.3 Å². The molecule has 0 saturated heterocycles. The van der Waals surface area contributed by atoms with Gasteiger partial charge in [0, 0.05) is 22.8 Å². The van der Waals surface area contributed by atoms with Crippen LogP contribution in [0.15, 0.2) is 48.7 Å². The van der Waals surface area contributed by atoms with E-state index >= 15 is 0 Å². The summed E-state index contributed by atoms with van der Waals surface area (Å²) in [6.07, 6.45) is 1.75. The van der Waals surface area contributed by atoms with Crippen LogP contribution in [0.25, 0.3) is 10.9 Å². The molecular formula is C16H11F2N3O2. The number of urea groups is 1. The number of carbonyl (C=O) groups is 2. The van der Waals surface area contributed by atoms with Crippen LogP contribution in [0.2, 0.25) is 0 Å². The van der Waals surface area contributed by atoms with Gasteiger partial charge in [-0.2, -0.15) is 0 Å². The Morgan fingerprint density at radius 2 is 1.74 bits per heavy atom. The van der Waals surface area contributed by atoms with Crippen molar-refractivity contribution in [3.05, 3.63) is 65.9 Å². The maximum Gasteiger partial charge on any atom is 0.326 e. The summed E-state index contributed by atoms with van der Waals surface area (Å²) in [5, 5.41) is 5.19. The Morgan fingerprint density at radius 1 is 1.00 bits per heavy atom. The van der Waals surface area contributed by atoms with E-state index in [1.54, 1.807) is 24.4 Å². The van der Waals surface area contributed by atoms with Gasteiger partial charge in [-0.3, -0.25) is 10.1 Å². The molecule has 0 atom stereocenters. The number of aromatic amines is 1. The molecule has 0 aliphatic rings. The number of nitrogens with one attached hydrogen (secondary N) is 3. The summed E-state index contributed by atoms with van der Waals surface area (Å²) in [5.41, 5.74) is 0.528. The number of hydrogen-bond acceptors (Lipinski definition) is 2. The summed E-state index contributed by atoms with van der Waals surface area (Å²) in [6.45, 7) is 0. The van der Waals surface area contributed by atoms with Crippen molar-refractivity contribution in [2.45, 2.75) is 0 Å². The summed E-state index contributed by atoms with van der Waals surface area (Å²) < 4.78 is 27.0. The monoisotopic (exact) mass is 315 g/mol. The topological polar surface area (TPSA) is 74.0 Å². The number of benzene rings is 2. The van der Waals surface area contributed by atoms with Crippen molar-refractivity contribution >= 4 is 28.5 Å². The molecule has 0 radical (unpaired) electrons. The third-order valence-electron chi connectivity index (χ3n) is 3.23. The Hall–Kier alpha value is -3.22. The van der Waals surface area contributed by atoms with Gasteiger partial charge in [0.2, 0.25) is 0 Å². The molecule has 0 unspecified atom stereocenters. The highest BCUT2D eigenvalue weighted by molar-refractivity contribution is 6.08. The lowest BCUT2D eigenvalue weighted by Gasteiger charge is -2.08.